The fourth-order valence-electron chi connectivity index (χ4n) is 1.68. The van der Waals surface area contributed by atoms with Crippen LogP contribution in [0, 0.1) is 0 Å². The molecule has 19 heavy (non-hydrogen) atoms. The standard InChI is InChI=1S/C12H13ClN4O2/c1-8-7-17(12(19)16(2)14-8)15-11(18)9-3-5-10(13)6-4-9/h3-6H,7H2,1-2H3,(H,15,18). The minimum absolute atomic E-state index is 0.266. The number of rotatable bonds is 2. The van der Waals surface area contributed by atoms with Crippen LogP contribution >= 0.6 is 11.6 Å². The maximum atomic E-state index is 12.0. The monoisotopic (exact) mass is 280 g/mol. The van der Waals surface area contributed by atoms with Crippen LogP contribution in [-0.2, 0) is 0 Å². The van der Waals surface area contributed by atoms with Gasteiger partial charge in [-0.1, -0.05) is 11.6 Å². The molecule has 0 fully saturated rings. The summed E-state index contributed by atoms with van der Waals surface area (Å²) in [7, 11) is 1.53. The van der Waals surface area contributed by atoms with Gasteiger partial charge in [0.2, 0.25) is 0 Å². The molecule has 1 N–H and O–H groups in total. The van der Waals surface area contributed by atoms with E-state index >= 15 is 0 Å². The summed E-state index contributed by atoms with van der Waals surface area (Å²) in [6, 6.07) is 6.04. The maximum Gasteiger partial charge on any atom is 0.359 e. The molecule has 3 amide bonds. The molecule has 0 bridgehead atoms. The van der Waals surface area contributed by atoms with E-state index in [9.17, 15) is 9.59 Å². The first-order valence-corrected chi connectivity index (χ1v) is 6.01. The Morgan fingerprint density at radius 1 is 1.37 bits per heavy atom. The maximum absolute atomic E-state index is 12.0. The zero-order chi connectivity index (χ0) is 14.0. The van der Waals surface area contributed by atoms with E-state index in [4.69, 9.17) is 11.6 Å². The van der Waals surface area contributed by atoms with E-state index in [1.165, 1.54) is 17.1 Å². The fraction of sp³-hybridized carbons (Fsp3) is 0.250. The lowest BCUT2D eigenvalue weighted by molar-refractivity contribution is 0.0803. The quantitative estimate of drug-likeness (QED) is 0.896. The van der Waals surface area contributed by atoms with Crippen molar-refractivity contribution < 1.29 is 9.59 Å². The second-order valence-corrected chi connectivity index (χ2v) is 4.61. The first-order valence-electron chi connectivity index (χ1n) is 5.63. The smallest absolute Gasteiger partial charge is 0.267 e. The summed E-state index contributed by atoms with van der Waals surface area (Å²) in [6.07, 6.45) is 0. The molecule has 0 aromatic heterocycles. The fourth-order valence-corrected chi connectivity index (χ4v) is 1.80. The van der Waals surface area contributed by atoms with Gasteiger partial charge in [0.1, 0.15) is 0 Å². The summed E-state index contributed by atoms with van der Waals surface area (Å²) in [5.41, 5.74) is 3.71. The van der Waals surface area contributed by atoms with E-state index in [0.717, 1.165) is 5.71 Å². The van der Waals surface area contributed by atoms with Crippen LogP contribution in [0.4, 0.5) is 4.79 Å². The highest BCUT2D eigenvalue weighted by molar-refractivity contribution is 6.30. The molecule has 0 saturated heterocycles. The van der Waals surface area contributed by atoms with E-state index in [0.29, 0.717) is 10.6 Å². The first kappa shape index (κ1) is 13.4. The third-order valence-electron chi connectivity index (χ3n) is 2.56. The van der Waals surface area contributed by atoms with Crippen LogP contribution in [-0.4, -0.2) is 41.3 Å². The van der Waals surface area contributed by atoms with Crippen LogP contribution in [0.15, 0.2) is 29.4 Å². The Bertz CT molecular complexity index is 541. The Hall–Kier alpha value is -2.08. The number of urea groups is 1. The van der Waals surface area contributed by atoms with Crippen molar-refractivity contribution in [2.24, 2.45) is 5.10 Å². The summed E-state index contributed by atoms with van der Waals surface area (Å²) in [5, 5.41) is 6.95. The molecule has 1 heterocycles. The lowest BCUT2D eigenvalue weighted by atomic mass is 10.2. The van der Waals surface area contributed by atoms with E-state index in [2.05, 4.69) is 10.5 Å². The van der Waals surface area contributed by atoms with Crippen LogP contribution < -0.4 is 5.43 Å². The molecule has 0 spiro atoms. The second-order valence-electron chi connectivity index (χ2n) is 4.18. The van der Waals surface area contributed by atoms with Crippen LogP contribution in [0.5, 0.6) is 0 Å². The topological polar surface area (TPSA) is 65.0 Å². The molecule has 0 radical (unpaired) electrons. The number of nitrogens with one attached hydrogen (secondary N) is 1. The Kier molecular flexibility index (Phi) is 3.71. The Morgan fingerprint density at radius 2 is 2.00 bits per heavy atom. The minimum atomic E-state index is -0.382. The van der Waals surface area contributed by atoms with E-state index in [1.54, 1.807) is 31.2 Å². The van der Waals surface area contributed by atoms with Gasteiger partial charge in [0.25, 0.3) is 5.91 Å². The van der Waals surface area contributed by atoms with Crippen molar-refractivity contribution in [3.8, 4) is 0 Å². The molecule has 100 valence electrons. The third-order valence-corrected chi connectivity index (χ3v) is 2.81. The van der Waals surface area contributed by atoms with Crippen LogP contribution in [0.2, 0.25) is 5.02 Å². The first-order chi connectivity index (χ1) is 8.97. The number of hydrazine groups is 1. The van der Waals surface area contributed by atoms with Crippen molar-refractivity contribution in [2.75, 3.05) is 13.6 Å². The number of carbonyl (C=O) groups excluding carboxylic acids is 2. The molecular formula is C12H13ClN4O2. The van der Waals surface area contributed by atoms with Gasteiger partial charge in [-0.05, 0) is 31.2 Å². The average Bonchev–Trinajstić information content (AvgIpc) is 2.36. The predicted molar refractivity (Wildman–Crippen MR) is 71.9 cm³/mol. The molecule has 2 rings (SSSR count). The number of hydrogen-bond donors (Lipinski definition) is 1. The number of hydrogen-bond acceptors (Lipinski definition) is 3. The minimum Gasteiger partial charge on any atom is -0.267 e. The average molecular weight is 281 g/mol. The molecular weight excluding hydrogens is 268 g/mol. The second kappa shape index (κ2) is 5.27. The van der Waals surface area contributed by atoms with Gasteiger partial charge in [0.05, 0.1) is 12.3 Å². The number of nitrogens with zero attached hydrogens (tertiary/aromatic N) is 3. The summed E-state index contributed by atoms with van der Waals surface area (Å²) < 4.78 is 0. The zero-order valence-electron chi connectivity index (χ0n) is 10.6. The van der Waals surface area contributed by atoms with Crippen molar-refractivity contribution in [1.82, 2.24) is 15.4 Å². The van der Waals surface area contributed by atoms with Crippen LogP contribution in [0.25, 0.3) is 0 Å². The highest BCUT2D eigenvalue weighted by Gasteiger charge is 2.25. The van der Waals surface area contributed by atoms with Crippen molar-refractivity contribution in [3.63, 3.8) is 0 Å². The number of amides is 3. The van der Waals surface area contributed by atoms with E-state index in [1.807, 2.05) is 0 Å². The summed E-state index contributed by atoms with van der Waals surface area (Å²) >= 11 is 5.75. The molecule has 6 nitrogen and oxygen atoms in total. The lowest BCUT2D eigenvalue weighted by Crippen LogP contribution is -2.54. The predicted octanol–water partition coefficient (Wildman–Crippen LogP) is 1.73. The number of benzene rings is 1. The molecule has 0 aliphatic carbocycles. The van der Waals surface area contributed by atoms with Crippen molar-refractivity contribution >= 4 is 29.3 Å². The molecule has 1 aromatic rings. The highest BCUT2D eigenvalue weighted by atomic mass is 35.5. The largest absolute Gasteiger partial charge is 0.359 e. The van der Waals surface area contributed by atoms with Crippen molar-refractivity contribution in [3.05, 3.63) is 34.9 Å². The van der Waals surface area contributed by atoms with Crippen LogP contribution in [0.1, 0.15) is 17.3 Å². The van der Waals surface area contributed by atoms with Gasteiger partial charge in [-0.3, -0.25) is 10.2 Å². The summed E-state index contributed by atoms with van der Waals surface area (Å²) in [5.74, 6) is -0.367. The van der Waals surface area contributed by atoms with Crippen molar-refractivity contribution in [2.45, 2.75) is 6.92 Å². The Balaban J connectivity index is 2.09. The molecule has 7 heteroatoms. The molecule has 0 saturated carbocycles. The molecule has 1 aliphatic heterocycles. The van der Waals surface area contributed by atoms with Gasteiger partial charge in [-0.2, -0.15) is 5.10 Å². The number of hydrazone groups is 1. The van der Waals surface area contributed by atoms with Gasteiger partial charge in [0, 0.05) is 17.6 Å². The number of halogens is 1. The molecule has 0 atom stereocenters. The van der Waals surface area contributed by atoms with Gasteiger partial charge in [-0.25, -0.2) is 14.8 Å². The lowest BCUT2D eigenvalue weighted by Gasteiger charge is -2.30. The summed E-state index contributed by atoms with van der Waals surface area (Å²) in [4.78, 5) is 23.8. The summed E-state index contributed by atoms with van der Waals surface area (Å²) in [6.45, 7) is 2.05. The van der Waals surface area contributed by atoms with E-state index in [-0.39, 0.29) is 18.5 Å². The number of carbonyl (C=O) groups is 2. The van der Waals surface area contributed by atoms with Crippen molar-refractivity contribution in [1.29, 1.82) is 0 Å². The molecule has 0 unspecified atom stereocenters. The normalized spacial score (nSPS) is 15.3. The Morgan fingerprint density at radius 3 is 2.63 bits per heavy atom. The van der Waals surface area contributed by atoms with Gasteiger partial charge < -0.3 is 0 Å². The molecule has 1 aliphatic rings. The van der Waals surface area contributed by atoms with Gasteiger partial charge >= 0.3 is 6.03 Å². The third kappa shape index (κ3) is 3.03. The zero-order valence-corrected chi connectivity index (χ0v) is 11.3. The Labute approximate surface area is 115 Å². The van der Waals surface area contributed by atoms with Gasteiger partial charge in [-0.15, -0.1) is 0 Å². The van der Waals surface area contributed by atoms with Gasteiger partial charge in [0.15, 0.2) is 0 Å². The highest BCUT2D eigenvalue weighted by Crippen LogP contribution is 2.10. The SMILES string of the molecule is CC1=NN(C)C(=O)N(NC(=O)c2ccc(Cl)cc2)C1. The van der Waals surface area contributed by atoms with E-state index < -0.39 is 0 Å². The molecule has 1 aromatic carbocycles. The van der Waals surface area contributed by atoms with Crippen LogP contribution in [0.3, 0.4) is 0 Å².